The number of thiazole rings is 1. The molecular weight excluding hydrogens is 262 g/mol. The SMILES string of the molecule is O=C(NCc1csc(-c2ccco2)n1)C1CCCN1. The Morgan fingerprint density at radius 3 is 3.32 bits per heavy atom. The molecule has 100 valence electrons. The van der Waals surface area contributed by atoms with Gasteiger partial charge >= 0.3 is 0 Å². The largest absolute Gasteiger partial charge is 0.462 e. The summed E-state index contributed by atoms with van der Waals surface area (Å²) in [4.78, 5) is 16.3. The highest BCUT2D eigenvalue weighted by molar-refractivity contribution is 7.13. The molecule has 0 aliphatic carbocycles. The van der Waals surface area contributed by atoms with Gasteiger partial charge in [-0.05, 0) is 31.5 Å². The summed E-state index contributed by atoms with van der Waals surface area (Å²) in [6.45, 7) is 1.39. The van der Waals surface area contributed by atoms with Crippen LogP contribution in [0, 0.1) is 0 Å². The summed E-state index contributed by atoms with van der Waals surface area (Å²) < 4.78 is 5.29. The van der Waals surface area contributed by atoms with Gasteiger partial charge in [0, 0.05) is 5.38 Å². The first-order valence-corrected chi connectivity index (χ1v) is 7.20. The maximum absolute atomic E-state index is 11.8. The summed E-state index contributed by atoms with van der Waals surface area (Å²) in [5.41, 5.74) is 0.864. The number of hydrogen-bond acceptors (Lipinski definition) is 5. The average molecular weight is 277 g/mol. The lowest BCUT2D eigenvalue weighted by Crippen LogP contribution is -2.40. The third-order valence-electron chi connectivity index (χ3n) is 3.10. The molecule has 0 bridgehead atoms. The second-order valence-electron chi connectivity index (χ2n) is 4.49. The fraction of sp³-hybridized carbons (Fsp3) is 0.385. The Labute approximate surface area is 115 Å². The van der Waals surface area contributed by atoms with E-state index < -0.39 is 0 Å². The molecule has 19 heavy (non-hydrogen) atoms. The third-order valence-corrected chi connectivity index (χ3v) is 4.01. The normalized spacial score (nSPS) is 18.6. The molecule has 1 saturated heterocycles. The van der Waals surface area contributed by atoms with Crippen LogP contribution in [0.5, 0.6) is 0 Å². The van der Waals surface area contributed by atoms with Crippen molar-refractivity contribution in [1.82, 2.24) is 15.6 Å². The van der Waals surface area contributed by atoms with Crippen LogP contribution >= 0.6 is 11.3 Å². The van der Waals surface area contributed by atoms with Crippen LogP contribution in [0.15, 0.2) is 28.2 Å². The number of nitrogens with one attached hydrogen (secondary N) is 2. The Bertz CT molecular complexity index is 544. The molecule has 5 nitrogen and oxygen atoms in total. The van der Waals surface area contributed by atoms with Gasteiger partial charge in [0.25, 0.3) is 0 Å². The molecular formula is C13H15N3O2S. The Morgan fingerprint density at radius 1 is 1.63 bits per heavy atom. The van der Waals surface area contributed by atoms with Gasteiger partial charge < -0.3 is 15.1 Å². The maximum Gasteiger partial charge on any atom is 0.237 e. The molecule has 6 heteroatoms. The molecule has 3 rings (SSSR count). The second kappa shape index (κ2) is 5.54. The number of nitrogens with zero attached hydrogens (tertiary/aromatic N) is 1. The van der Waals surface area contributed by atoms with Gasteiger partial charge in [-0.25, -0.2) is 4.98 Å². The summed E-state index contributed by atoms with van der Waals surface area (Å²) in [5.74, 6) is 0.824. The summed E-state index contributed by atoms with van der Waals surface area (Å²) in [6.07, 6.45) is 3.61. The minimum atomic E-state index is -0.0387. The van der Waals surface area contributed by atoms with Crippen molar-refractivity contribution < 1.29 is 9.21 Å². The molecule has 2 aromatic heterocycles. The Balaban J connectivity index is 1.57. The highest BCUT2D eigenvalue weighted by Crippen LogP contribution is 2.23. The van der Waals surface area contributed by atoms with Gasteiger partial charge in [0.05, 0.1) is 24.5 Å². The van der Waals surface area contributed by atoms with E-state index >= 15 is 0 Å². The monoisotopic (exact) mass is 277 g/mol. The van der Waals surface area contributed by atoms with E-state index in [-0.39, 0.29) is 11.9 Å². The van der Waals surface area contributed by atoms with Gasteiger partial charge in [-0.2, -0.15) is 0 Å². The van der Waals surface area contributed by atoms with E-state index in [0.717, 1.165) is 35.8 Å². The number of amides is 1. The molecule has 0 aromatic carbocycles. The predicted octanol–water partition coefficient (Wildman–Crippen LogP) is 1.77. The average Bonchev–Trinajstić information content (AvgIpc) is 3.14. The quantitative estimate of drug-likeness (QED) is 0.894. The van der Waals surface area contributed by atoms with Gasteiger partial charge in [-0.1, -0.05) is 0 Å². The molecule has 2 aromatic rings. The first kappa shape index (κ1) is 12.4. The Hall–Kier alpha value is -1.66. The Morgan fingerprint density at radius 2 is 2.58 bits per heavy atom. The first-order chi connectivity index (χ1) is 9.33. The number of carbonyl (C=O) groups is 1. The van der Waals surface area contributed by atoms with Gasteiger partial charge in [-0.3, -0.25) is 4.79 Å². The zero-order valence-electron chi connectivity index (χ0n) is 10.4. The lowest BCUT2D eigenvalue weighted by atomic mass is 10.2. The van der Waals surface area contributed by atoms with E-state index in [1.165, 1.54) is 11.3 Å². The molecule has 2 N–H and O–H groups in total. The van der Waals surface area contributed by atoms with Crippen LogP contribution in [-0.4, -0.2) is 23.5 Å². The summed E-state index contributed by atoms with van der Waals surface area (Å²) >= 11 is 1.52. The van der Waals surface area contributed by atoms with Gasteiger partial charge in [0.15, 0.2) is 10.8 Å². The highest BCUT2D eigenvalue weighted by atomic mass is 32.1. The van der Waals surface area contributed by atoms with E-state index in [2.05, 4.69) is 15.6 Å². The lowest BCUT2D eigenvalue weighted by molar-refractivity contribution is -0.122. The van der Waals surface area contributed by atoms with Crippen LogP contribution < -0.4 is 10.6 Å². The molecule has 0 saturated carbocycles. The molecule has 0 spiro atoms. The molecule has 1 atom stereocenters. The molecule has 1 aliphatic heterocycles. The smallest absolute Gasteiger partial charge is 0.237 e. The lowest BCUT2D eigenvalue weighted by Gasteiger charge is -2.09. The van der Waals surface area contributed by atoms with Crippen molar-refractivity contribution in [3.63, 3.8) is 0 Å². The van der Waals surface area contributed by atoms with Crippen molar-refractivity contribution in [3.8, 4) is 10.8 Å². The standard InChI is InChI=1S/C13H15N3O2S/c17-12(10-3-1-5-14-10)15-7-9-8-19-13(16-9)11-4-2-6-18-11/h2,4,6,8,10,14H,1,3,5,7H2,(H,15,17). The highest BCUT2D eigenvalue weighted by Gasteiger charge is 2.21. The minimum Gasteiger partial charge on any atom is -0.462 e. The fourth-order valence-corrected chi connectivity index (χ4v) is 2.90. The number of carbonyl (C=O) groups excluding carboxylic acids is 1. The van der Waals surface area contributed by atoms with E-state index in [4.69, 9.17) is 4.42 Å². The van der Waals surface area contributed by atoms with Crippen molar-refractivity contribution in [2.75, 3.05) is 6.54 Å². The van der Waals surface area contributed by atoms with Gasteiger partial charge in [-0.15, -0.1) is 11.3 Å². The molecule has 1 fully saturated rings. The maximum atomic E-state index is 11.8. The van der Waals surface area contributed by atoms with Crippen LogP contribution in [0.1, 0.15) is 18.5 Å². The van der Waals surface area contributed by atoms with Crippen molar-refractivity contribution in [1.29, 1.82) is 0 Å². The topological polar surface area (TPSA) is 67.2 Å². The molecule has 0 radical (unpaired) electrons. The third kappa shape index (κ3) is 2.85. The number of aromatic nitrogens is 1. The minimum absolute atomic E-state index is 0.0387. The van der Waals surface area contributed by atoms with E-state index in [9.17, 15) is 4.79 Å². The van der Waals surface area contributed by atoms with Crippen molar-refractivity contribution in [3.05, 3.63) is 29.5 Å². The van der Waals surface area contributed by atoms with Crippen LogP contribution in [0.25, 0.3) is 10.8 Å². The summed E-state index contributed by atoms with van der Waals surface area (Å²) in [7, 11) is 0. The molecule has 3 heterocycles. The van der Waals surface area contributed by atoms with Gasteiger partial charge in [0.1, 0.15) is 0 Å². The van der Waals surface area contributed by atoms with Crippen molar-refractivity contribution >= 4 is 17.2 Å². The first-order valence-electron chi connectivity index (χ1n) is 6.32. The van der Waals surface area contributed by atoms with E-state index in [0.29, 0.717) is 6.54 Å². The zero-order chi connectivity index (χ0) is 13.1. The van der Waals surface area contributed by atoms with Crippen LogP contribution in [0.3, 0.4) is 0 Å². The van der Waals surface area contributed by atoms with Crippen LogP contribution in [0.2, 0.25) is 0 Å². The number of furan rings is 1. The van der Waals surface area contributed by atoms with E-state index in [1.54, 1.807) is 6.26 Å². The van der Waals surface area contributed by atoms with Crippen LogP contribution in [-0.2, 0) is 11.3 Å². The summed E-state index contributed by atoms with van der Waals surface area (Å²) in [6, 6.07) is 3.68. The van der Waals surface area contributed by atoms with Crippen LogP contribution in [0.4, 0.5) is 0 Å². The molecule has 1 aliphatic rings. The van der Waals surface area contributed by atoms with E-state index in [1.807, 2.05) is 17.5 Å². The molecule has 1 unspecified atom stereocenters. The summed E-state index contributed by atoms with van der Waals surface area (Å²) in [5, 5.41) is 8.87. The number of hydrogen-bond donors (Lipinski definition) is 2. The predicted molar refractivity (Wildman–Crippen MR) is 72.7 cm³/mol. The van der Waals surface area contributed by atoms with Gasteiger partial charge in [0.2, 0.25) is 5.91 Å². The second-order valence-corrected chi connectivity index (χ2v) is 5.35. The zero-order valence-corrected chi connectivity index (χ0v) is 11.2. The molecule has 1 amide bonds. The number of rotatable bonds is 4. The Kier molecular flexibility index (Phi) is 3.61. The fourth-order valence-electron chi connectivity index (χ4n) is 2.11. The van der Waals surface area contributed by atoms with Crippen molar-refractivity contribution in [2.45, 2.75) is 25.4 Å². The van der Waals surface area contributed by atoms with Crippen molar-refractivity contribution in [2.24, 2.45) is 0 Å².